The second kappa shape index (κ2) is 5.16. The van der Waals surface area contributed by atoms with E-state index in [1.165, 1.54) is 0 Å². The highest BCUT2D eigenvalue weighted by Gasteiger charge is 2.31. The van der Waals surface area contributed by atoms with Gasteiger partial charge in [-0.15, -0.1) is 13.2 Å². The quantitative estimate of drug-likeness (QED) is 0.749. The molecule has 1 aromatic carbocycles. The summed E-state index contributed by atoms with van der Waals surface area (Å²) in [4.78, 5) is 0. The van der Waals surface area contributed by atoms with E-state index in [1.54, 1.807) is 6.92 Å². The van der Waals surface area contributed by atoms with Crippen LogP contribution in [0.4, 0.5) is 17.6 Å². The molecule has 0 saturated carbocycles. The number of benzene rings is 1. The lowest BCUT2D eigenvalue weighted by Crippen LogP contribution is -2.17. The van der Waals surface area contributed by atoms with E-state index in [-0.39, 0.29) is 12.2 Å². The van der Waals surface area contributed by atoms with E-state index >= 15 is 0 Å². The third kappa shape index (κ3) is 4.06. The highest BCUT2D eigenvalue weighted by atomic mass is 19.4. The normalized spacial score (nSPS) is 11.6. The topological polar surface area (TPSA) is 18.5 Å². The molecule has 0 unspecified atom stereocenters. The Morgan fingerprint density at radius 2 is 1.94 bits per heavy atom. The molecule has 0 amide bonds. The van der Waals surface area contributed by atoms with Crippen LogP contribution in [0.5, 0.6) is 5.75 Å². The lowest BCUT2D eigenvalue weighted by Gasteiger charge is -2.10. The van der Waals surface area contributed by atoms with Gasteiger partial charge in [0, 0.05) is 12.2 Å². The molecule has 0 fully saturated rings. The summed E-state index contributed by atoms with van der Waals surface area (Å²) in [5.41, 5.74) is 0.0311. The van der Waals surface area contributed by atoms with E-state index < -0.39 is 17.9 Å². The number of alkyl halides is 3. The van der Waals surface area contributed by atoms with E-state index in [4.69, 9.17) is 4.74 Å². The average Bonchev–Trinajstić information content (AvgIpc) is 2.17. The molecule has 0 spiro atoms. The number of halogens is 4. The van der Waals surface area contributed by atoms with Crippen LogP contribution in [0.25, 0.3) is 0 Å². The van der Waals surface area contributed by atoms with Gasteiger partial charge in [-0.2, -0.15) is 0 Å². The van der Waals surface area contributed by atoms with Crippen LogP contribution in [0.3, 0.4) is 0 Å². The Labute approximate surface area is 89.8 Å². The third-order valence-corrected chi connectivity index (χ3v) is 1.71. The molecule has 0 heterocycles. The predicted molar refractivity (Wildman–Crippen MR) is 48.4 cm³/mol. The molecule has 0 saturated heterocycles. The molecule has 0 aromatic heterocycles. The molecule has 0 aliphatic rings. The number of hydrogen-bond acceptors (Lipinski definition) is 2. The van der Waals surface area contributed by atoms with E-state index in [0.717, 1.165) is 18.2 Å². The van der Waals surface area contributed by atoms with Crippen LogP contribution in [-0.4, -0.2) is 13.0 Å². The van der Waals surface area contributed by atoms with Crippen LogP contribution in [0.1, 0.15) is 12.5 Å². The molecule has 0 aliphatic carbocycles. The van der Waals surface area contributed by atoms with Crippen LogP contribution in [0.2, 0.25) is 0 Å². The SMILES string of the molecule is CCOCc1cc(OC(F)(F)F)ccc1F. The Bertz CT molecular complexity index is 349. The Kier molecular flexibility index (Phi) is 4.12. The van der Waals surface area contributed by atoms with Crippen molar-refractivity contribution in [3.05, 3.63) is 29.6 Å². The fourth-order valence-electron chi connectivity index (χ4n) is 1.07. The fourth-order valence-corrected chi connectivity index (χ4v) is 1.07. The van der Waals surface area contributed by atoms with Crippen LogP contribution in [-0.2, 0) is 11.3 Å². The summed E-state index contributed by atoms with van der Waals surface area (Å²) in [6.07, 6.45) is -4.78. The van der Waals surface area contributed by atoms with Crippen molar-refractivity contribution in [2.24, 2.45) is 0 Å². The first kappa shape index (κ1) is 12.8. The smallest absolute Gasteiger partial charge is 0.406 e. The van der Waals surface area contributed by atoms with Crippen LogP contribution >= 0.6 is 0 Å². The maximum Gasteiger partial charge on any atom is 0.573 e. The van der Waals surface area contributed by atoms with Crippen molar-refractivity contribution in [3.63, 3.8) is 0 Å². The van der Waals surface area contributed by atoms with E-state index in [2.05, 4.69) is 4.74 Å². The van der Waals surface area contributed by atoms with Gasteiger partial charge in [-0.1, -0.05) is 0 Å². The van der Waals surface area contributed by atoms with E-state index in [9.17, 15) is 17.6 Å². The molecule has 0 aliphatic heterocycles. The second-order valence-electron chi connectivity index (χ2n) is 2.94. The van der Waals surface area contributed by atoms with Gasteiger partial charge in [0.2, 0.25) is 0 Å². The minimum atomic E-state index is -4.78. The Hall–Kier alpha value is -1.30. The molecule has 1 aromatic rings. The van der Waals surface area contributed by atoms with Gasteiger partial charge in [-0.25, -0.2) is 4.39 Å². The predicted octanol–water partition coefficient (Wildman–Crippen LogP) is 3.26. The second-order valence-corrected chi connectivity index (χ2v) is 2.94. The van der Waals surface area contributed by atoms with Gasteiger partial charge >= 0.3 is 6.36 Å². The van der Waals surface area contributed by atoms with Gasteiger partial charge in [0.05, 0.1) is 6.61 Å². The summed E-state index contributed by atoms with van der Waals surface area (Å²) < 4.78 is 57.3. The summed E-state index contributed by atoms with van der Waals surface area (Å²) in [6, 6.07) is 2.80. The minimum absolute atomic E-state index is 0.0311. The molecule has 0 atom stereocenters. The maximum absolute atomic E-state index is 13.1. The Morgan fingerprint density at radius 3 is 2.50 bits per heavy atom. The van der Waals surface area contributed by atoms with Crippen molar-refractivity contribution in [3.8, 4) is 5.75 Å². The number of hydrogen-bond donors (Lipinski definition) is 0. The molecule has 0 radical (unpaired) electrons. The van der Waals surface area contributed by atoms with Crippen molar-refractivity contribution in [2.75, 3.05) is 6.61 Å². The molecular formula is C10H10F4O2. The average molecular weight is 238 g/mol. The van der Waals surface area contributed by atoms with Gasteiger partial charge in [-0.05, 0) is 25.1 Å². The molecule has 2 nitrogen and oxygen atoms in total. The first-order valence-electron chi connectivity index (χ1n) is 4.54. The van der Waals surface area contributed by atoms with Crippen molar-refractivity contribution in [2.45, 2.75) is 19.9 Å². The lowest BCUT2D eigenvalue weighted by atomic mass is 10.2. The van der Waals surface area contributed by atoms with Crippen LogP contribution < -0.4 is 4.74 Å². The van der Waals surface area contributed by atoms with Gasteiger partial charge in [-0.3, -0.25) is 0 Å². The number of ether oxygens (including phenoxy) is 2. The molecular weight excluding hydrogens is 228 g/mol. The lowest BCUT2D eigenvalue weighted by molar-refractivity contribution is -0.274. The van der Waals surface area contributed by atoms with Crippen molar-refractivity contribution in [1.82, 2.24) is 0 Å². The summed E-state index contributed by atoms with van der Waals surface area (Å²) in [5.74, 6) is -1.08. The maximum atomic E-state index is 13.1. The Morgan fingerprint density at radius 1 is 1.25 bits per heavy atom. The first-order valence-corrected chi connectivity index (χ1v) is 4.54. The number of rotatable bonds is 4. The van der Waals surface area contributed by atoms with Crippen molar-refractivity contribution >= 4 is 0 Å². The molecule has 6 heteroatoms. The molecule has 0 bridgehead atoms. The van der Waals surface area contributed by atoms with E-state index in [0.29, 0.717) is 6.61 Å². The largest absolute Gasteiger partial charge is 0.573 e. The first-order chi connectivity index (χ1) is 7.42. The highest BCUT2D eigenvalue weighted by molar-refractivity contribution is 5.29. The summed E-state index contributed by atoms with van der Waals surface area (Å²) in [7, 11) is 0. The van der Waals surface area contributed by atoms with Crippen LogP contribution in [0.15, 0.2) is 18.2 Å². The van der Waals surface area contributed by atoms with Gasteiger partial charge in [0.25, 0.3) is 0 Å². The highest BCUT2D eigenvalue weighted by Crippen LogP contribution is 2.24. The van der Waals surface area contributed by atoms with Gasteiger partial charge in [0.1, 0.15) is 11.6 Å². The zero-order chi connectivity index (χ0) is 12.2. The molecule has 16 heavy (non-hydrogen) atoms. The summed E-state index contributed by atoms with van der Waals surface area (Å²) in [6.45, 7) is 1.97. The van der Waals surface area contributed by atoms with Gasteiger partial charge in [0.15, 0.2) is 0 Å². The summed E-state index contributed by atoms with van der Waals surface area (Å²) in [5, 5.41) is 0. The summed E-state index contributed by atoms with van der Waals surface area (Å²) >= 11 is 0. The zero-order valence-corrected chi connectivity index (χ0v) is 8.47. The Balaban J connectivity index is 2.81. The minimum Gasteiger partial charge on any atom is -0.406 e. The monoisotopic (exact) mass is 238 g/mol. The molecule has 1 rings (SSSR count). The van der Waals surface area contributed by atoms with Crippen LogP contribution in [0, 0.1) is 5.82 Å². The fraction of sp³-hybridized carbons (Fsp3) is 0.400. The standard InChI is InChI=1S/C10H10F4O2/c1-2-15-6-7-5-8(3-4-9(7)11)16-10(12,13)14/h3-5H,2,6H2,1H3. The van der Waals surface area contributed by atoms with E-state index in [1.807, 2.05) is 0 Å². The van der Waals surface area contributed by atoms with Crippen molar-refractivity contribution < 1.29 is 27.0 Å². The molecule has 0 N–H and O–H groups in total. The molecule has 90 valence electrons. The van der Waals surface area contributed by atoms with Gasteiger partial charge < -0.3 is 9.47 Å². The van der Waals surface area contributed by atoms with Crippen molar-refractivity contribution in [1.29, 1.82) is 0 Å². The third-order valence-electron chi connectivity index (χ3n) is 1.71. The zero-order valence-electron chi connectivity index (χ0n) is 8.47.